The number of hydrogen-bond donors (Lipinski definition) is 0. The van der Waals surface area contributed by atoms with Crippen LogP contribution in [0.4, 0.5) is 0 Å². The topological polar surface area (TPSA) is 17.1 Å². The maximum Gasteiger partial charge on any atom is 0.0762 e. The largest absolute Gasteiger partial charge is 0.327 e. The highest BCUT2D eigenvalue weighted by molar-refractivity contribution is 7.44. The normalized spacial score (nSPS) is 12.9. The van der Waals surface area contributed by atoms with Crippen LogP contribution in [0, 0.1) is 0 Å². The third-order valence-corrected chi connectivity index (χ3v) is 4.94. The summed E-state index contributed by atoms with van der Waals surface area (Å²) in [5, 5.41) is 0. The molecule has 0 aromatic heterocycles. The van der Waals surface area contributed by atoms with Gasteiger partial charge in [-0.3, -0.25) is 0 Å². The Morgan fingerprint density at radius 2 is 1.00 bits per heavy atom. The first-order valence-corrected chi connectivity index (χ1v) is 9.15. The molecule has 98 valence electrons. The van der Waals surface area contributed by atoms with Crippen molar-refractivity contribution in [3.63, 3.8) is 0 Å². The Morgan fingerprint density at radius 1 is 0.625 bits per heavy atom. The second-order valence-corrected chi connectivity index (χ2v) is 6.94. The van der Waals surface area contributed by atoms with E-state index in [1.54, 1.807) is 0 Å². The molecule has 1 nitrogen and oxygen atoms in total. The summed E-state index contributed by atoms with van der Waals surface area (Å²) in [5.74, 6) is 0. The third kappa shape index (κ3) is 12.3. The molecule has 0 saturated carbocycles. The lowest BCUT2D eigenvalue weighted by Crippen LogP contribution is -1.86. The Bertz CT molecular complexity index is 157. The fourth-order valence-corrected chi connectivity index (χ4v) is 3.52. The predicted molar refractivity (Wildman–Crippen MR) is 76.3 cm³/mol. The number of hydrogen-bond acceptors (Lipinski definition) is 1. The first-order chi connectivity index (χ1) is 7.81. The molecule has 0 aromatic carbocycles. The van der Waals surface area contributed by atoms with Gasteiger partial charge in [0.15, 0.2) is 0 Å². The Morgan fingerprint density at radius 3 is 1.50 bits per heavy atom. The van der Waals surface area contributed by atoms with Gasteiger partial charge in [-0.05, 0) is 25.2 Å². The minimum atomic E-state index is -1.21. The van der Waals surface area contributed by atoms with E-state index in [-0.39, 0.29) is 0 Å². The van der Waals surface area contributed by atoms with Gasteiger partial charge in [0, 0.05) is 0 Å². The fourth-order valence-electron chi connectivity index (χ4n) is 1.98. The zero-order valence-corrected chi connectivity index (χ0v) is 12.4. The smallest absolute Gasteiger partial charge is 0.0762 e. The van der Waals surface area contributed by atoms with Gasteiger partial charge in [0.05, 0.1) is 7.80 Å². The molecule has 0 saturated heterocycles. The van der Waals surface area contributed by atoms with E-state index in [9.17, 15) is 4.57 Å². The first-order valence-electron chi connectivity index (χ1n) is 7.33. The second-order valence-electron chi connectivity index (χ2n) is 4.87. The molecule has 1 atom stereocenters. The summed E-state index contributed by atoms with van der Waals surface area (Å²) in [5.41, 5.74) is 0. The molecule has 0 aliphatic carbocycles. The standard InChI is InChI=1S/C14H31OP/c1-3-5-7-9-10-12-14-16(15)13-11-8-6-4-2/h16H,3-14H2,1-2H3. The summed E-state index contributed by atoms with van der Waals surface area (Å²) in [7, 11) is -1.21. The highest BCUT2D eigenvalue weighted by atomic mass is 31.1. The van der Waals surface area contributed by atoms with E-state index in [0.29, 0.717) is 0 Å². The molecule has 0 rings (SSSR count). The zero-order valence-electron chi connectivity index (χ0n) is 11.4. The lowest BCUT2D eigenvalue weighted by atomic mass is 10.1. The Hall–Kier alpha value is 0.230. The van der Waals surface area contributed by atoms with Crippen molar-refractivity contribution >= 4 is 7.80 Å². The van der Waals surface area contributed by atoms with Crippen molar-refractivity contribution in [2.75, 3.05) is 12.3 Å². The summed E-state index contributed by atoms with van der Waals surface area (Å²) < 4.78 is 11.7. The Kier molecular flexibility index (Phi) is 13.5. The van der Waals surface area contributed by atoms with Crippen LogP contribution in [0.2, 0.25) is 0 Å². The van der Waals surface area contributed by atoms with Crippen LogP contribution < -0.4 is 0 Å². The molecule has 0 amide bonds. The monoisotopic (exact) mass is 246 g/mol. The van der Waals surface area contributed by atoms with Crippen molar-refractivity contribution in [3.8, 4) is 0 Å². The van der Waals surface area contributed by atoms with Crippen LogP contribution in [-0.2, 0) is 4.57 Å². The van der Waals surface area contributed by atoms with Crippen molar-refractivity contribution < 1.29 is 4.57 Å². The predicted octanol–water partition coefficient (Wildman–Crippen LogP) is 5.49. The summed E-state index contributed by atoms with van der Waals surface area (Å²) in [6.07, 6.45) is 15.0. The number of unbranched alkanes of at least 4 members (excludes halogenated alkanes) is 8. The van der Waals surface area contributed by atoms with Crippen LogP contribution >= 0.6 is 7.80 Å². The Labute approximate surface area is 103 Å². The third-order valence-electron chi connectivity index (χ3n) is 3.12. The minimum Gasteiger partial charge on any atom is -0.327 e. The summed E-state index contributed by atoms with van der Waals surface area (Å²) in [6.45, 7) is 4.47. The van der Waals surface area contributed by atoms with Gasteiger partial charge in [0.25, 0.3) is 0 Å². The molecule has 1 unspecified atom stereocenters. The van der Waals surface area contributed by atoms with Crippen molar-refractivity contribution in [3.05, 3.63) is 0 Å². The molecule has 16 heavy (non-hydrogen) atoms. The maximum absolute atomic E-state index is 11.7. The first kappa shape index (κ1) is 16.2. The van der Waals surface area contributed by atoms with E-state index in [2.05, 4.69) is 13.8 Å². The Balaban J connectivity index is 3.11. The van der Waals surface area contributed by atoms with Gasteiger partial charge in [-0.2, -0.15) is 0 Å². The SMILES string of the molecule is CCCCCCCC[PH](=O)CCCCCC. The summed E-state index contributed by atoms with van der Waals surface area (Å²) >= 11 is 0. The molecule has 0 aliphatic heterocycles. The van der Waals surface area contributed by atoms with Gasteiger partial charge in [0.2, 0.25) is 0 Å². The van der Waals surface area contributed by atoms with Crippen molar-refractivity contribution in [1.82, 2.24) is 0 Å². The van der Waals surface area contributed by atoms with Gasteiger partial charge in [-0.1, -0.05) is 65.2 Å². The summed E-state index contributed by atoms with van der Waals surface area (Å²) in [4.78, 5) is 0. The molecule has 0 heterocycles. The lowest BCUT2D eigenvalue weighted by Gasteiger charge is -2.02. The lowest BCUT2D eigenvalue weighted by molar-refractivity contribution is 0.577. The van der Waals surface area contributed by atoms with E-state index in [1.807, 2.05) is 0 Å². The van der Waals surface area contributed by atoms with Crippen molar-refractivity contribution in [2.24, 2.45) is 0 Å². The fraction of sp³-hybridized carbons (Fsp3) is 1.00. The molecule has 0 N–H and O–H groups in total. The van der Waals surface area contributed by atoms with Crippen molar-refractivity contribution in [1.29, 1.82) is 0 Å². The van der Waals surface area contributed by atoms with Crippen LogP contribution in [0.25, 0.3) is 0 Å². The van der Waals surface area contributed by atoms with Crippen LogP contribution in [-0.4, -0.2) is 12.3 Å². The van der Waals surface area contributed by atoms with Gasteiger partial charge >= 0.3 is 0 Å². The van der Waals surface area contributed by atoms with Crippen LogP contribution in [0.1, 0.15) is 78.1 Å². The second kappa shape index (κ2) is 13.3. The highest BCUT2D eigenvalue weighted by Crippen LogP contribution is 2.25. The molecule has 0 bridgehead atoms. The van der Waals surface area contributed by atoms with Gasteiger partial charge < -0.3 is 4.57 Å². The van der Waals surface area contributed by atoms with Gasteiger partial charge in [-0.15, -0.1) is 0 Å². The molecular weight excluding hydrogens is 215 g/mol. The van der Waals surface area contributed by atoms with E-state index in [0.717, 1.165) is 12.3 Å². The van der Waals surface area contributed by atoms with Crippen molar-refractivity contribution in [2.45, 2.75) is 78.1 Å². The molecule has 0 aromatic rings. The zero-order chi connectivity index (χ0) is 12.1. The highest BCUT2D eigenvalue weighted by Gasteiger charge is 1.99. The maximum atomic E-state index is 11.7. The number of rotatable bonds is 12. The quantitative estimate of drug-likeness (QED) is 0.329. The molecule has 0 radical (unpaired) electrons. The van der Waals surface area contributed by atoms with Gasteiger partial charge in [-0.25, -0.2) is 0 Å². The summed E-state index contributed by atoms with van der Waals surface area (Å²) in [6, 6.07) is 0. The molecular formula is C14H31OP. The van der Waals surface area contributed by atoms with E-state index >= 15 is 0 Å². The van der Waals surface area contributed by atoms with E-state index in [4.69, 9.17) is 0 Å². The van der Waals surface area contributed by atoms with Crippen LogP contribution in [0.15, 0.2) is 0 Å². The van der Waals surface area contributed by atoms with Crippen LogP contribution in [0.5, 0.6) is 0 Å². The average Bonchev–Trinajstić information content (AvgIpc) is 2.29. The van der Waals surface area contributed by atoms with E-state index < -0.39 is 7.80 Å². The molecule has 0 fully saturated rings. The van der Waals surface area contributed by atoms with Crippen LogP contribution in [0.3, 0.4) is 0 Å². The van der Waals surface area contributed by atoms with Gasteiger partial charge in [0.1, 0.15) is 0 Å². The molecule has 0 spiro atoms. The average molecular weight is 246 g/mol. The minimum absolute atomic E-state index is 1.01. The van der Waals surface area contributed by atoms with E-state index in [1.165, 1.54) is 64.2 Å². The molecule has 2 heteroatoms. The molecule has 0 aliphatic rings.